The van der Waals surface area contributed by atoms with Gasteiger partial charge < -0.3 is 5.32 Å². The van der Waals surface area contributed by atoms with Crippen LogP contribution in [0, 0.1) is 19.8 Å². The zero-order chi connectivity index (χ0) is 10.1. The lowest BCUT2D eigenvalue weighted by atomic mass is 10.2. The summed E-state index contributed by atoms with van der Waals surface area (Å²) in [4.78, 5) is 15.8. The van der Waals surface area contributed by atoms with Gasteiger partial charge in [0.1, 0.15) is 0 Å². The number of hydrogen-bond acceptors (Lipinski definition) is 2. The number of nitrogens with zero attached hydrogens (tertiary/aromatic N) is 1. The second-order valence-electron chi connectivity index (χ2n) is 3.85. The summed E-state index contributed by atoms with van der Waals surface area (Å²) in [5.41, 5.74) is 2.71. The molecule has 0 bridgehead atoms. The monoisotopic (exact) mass is 190 g/mol. The van der Waals surface area contributed by atoms with Crippen LogP contribution in [0.4, 0.5) is 5.69 Å². The number of anilines is 1. The molecule has 0 saturated heterocycles. The van der Waals surface area contributed by atoms with Crippen LogP contribution in [0.25, 0.3) is 0 Å². The van der Waals surface area contributed by atoms with Gasteiger partial charge in [0.15, 0.2) is 0 Å². The molecule has 1 fully saturated rings. The van der Waals surface area contributed by atoms with Gasteiger partial charge in [-0.2, -0.15) is 0 Å². The van der Waals surface area contributed by atoms with E-state index in [-0.39, 0.29) is 11.8 Å². The second-order valence-corrected chi connectivity index (χ2v) is 3.85. The van der Waals surface area contributed by atoms with E-state index in [1.54, 1.807) is 0 Å². The highest BCUT2D eigenvalue weighted by Gasteiger charge is 2.29. The molecule has 3 heteroatoms. The van der Waals surface area contributed by atoms with Gasteiger partial charge in [-0.25, -0.2) is 0 Å². The van der Waals surface area contributed by atoms with Crippen LogP contribution in [0.5, 0.6) is 0 Å². The summed E-state index contributed by atoms with van der Waals surface area (Å²) >= 11 is 0. The van der Waals surface area contributed by atoms with Crippen LogP contribution in [0.15, 0.2) is 12.1 Å². The number of aromatic nitrogens is 1. The standard InChI is InChI=1S/C11H14N2O/c1-7-3-6-10(8(2)12-7)13-11(14)9-4-5-9/h3,6,9H,4-5H2,1-2H3,(H,13,14). The van der Waals surface area contributed by atoms with E-state index in [0.717, 1.165) is 29.9 Å². The van der Waals surface area contributed by atoms with Gasteiger partial charge in [-0.1, -0.05) is 0 Å². The van der Waals surface area contributed by atoms with Crippen LogP contribution >= 0.6 is 0 Å². The predicted octanol–water partition coefficient (Wildman–Crippen LogP) is 2.05. The molecule has 1 heterocycles. The molecule has 74 valence electrons. The fraction of sp³-hybridized carbons (Fsp3) is 0.455. The molecule has 1 saturated carbocycles. The van der Waals surface area contributed by atoms with Crippen LogP contribution in [0.2, 0.25) is 0 Å². The zero-order valence-electron chi connectivity index (χ0n) is 8.50. The topological polar surface area (TPSA) is 42.0 Å². The molecule has 3 nitrogen and oxygen atoms in total. The van der Waals surface area contributed by atoms with Gasteiger partial charge >= 0.3 is 0 Å². The highest BCUT2D eigenvalue weighted by molar-refractivity contribution is 5.94. The first-order chi connectivity index (χ1) is 6.66. The van der Waals surface area contributed by atoms with E-state index in [4.69, 9.17) is 0 Å². The van der Waals surface area contributed by atoms with Crippen molar-refractivity contribution in [2.24, 2.45) is 5.92 Å². The molecule has 1 aliphatic carbocycles. The van der Waals surface area contributed by atoms with Crippen molar-refractivity contribution in [1.82, 2.24) is 4.98 Å². The predicted molar refractivity (Wildman–Crippen MR) is 55.1 cm³/mol. The van der Waals surface area contributed by atoms with Crippen molar-refractivity contribution < 1.29 is 4.79 Å². The van der Waals surface area contributed by atoms with Gasteiger partial charge in [0.05, 0.1) is 11.4 Å². The van der Waals surface area contributed by atoms with Crippen LogP contribution in [0.1, 0.15) is 24.2 Å². The Bertz CT molecular complexity index is 370. The Kier molecular flexibility index (Phi) is 2.23. The largest absolute Gasteiger partial charge is 0.324 e. The number of amides is 1. The summed E-state index contributed by atoms with van der Waals surface area (Å²) in [5.74, 6) is 0.384. The third-order valence-corrected chi connectivity index (χ3v) is 2.43. The first kappa shape index (κ1) is 9.19. The smallest absolute Gasteiger partial charge is 0.227 e. The van der Waals surface area contributed by atoms with Crippen LogP contribution in [0.3, 0.4) is 0 Å². The summed E-state index contributed by atoms with van der Waals surface area (Å²) in [7, 11) is 0. The van der Waals surface area contributed by atoms with E-state index in [1.807, 2.05) is 26.0 Å². The molecule has 0 spiro atoms. The molecule has 14 heavy (non-hydrogen) atoms. The summed E-state index contributed by atoms with van der Waals surface area (Å²) in [6.07, 6.45) is 2.06. The van der Waals surface area contributed by atoms with Gasteiger partial charge in [0.2, 0.25) is 5.91 Å². The minimum Gasteiger partial charge on any atom is -0.324 e. The fourth-order valence-corrected chi connectivity index (χ4v) is 1.40. The Morgan fingerprint density at radius 2 is 2.14 bits per heavy atom. The molecular weight excluding hydrogens is 176 g/mol. The average molecular weight is 190 g/mol. The Hall–Kier alpha value is -1.38. The van der Waals surface area contributed by atoms with E-state index in [0.29, 0.717) is 0 Å². The number of aryl methyl sites for hydroxylation is 2. The zero-order valence-corrected chi connectivity index (χ0v) is 8.50. The minimum absolute atomic E-state index is 0.138. The van der Waals surface area contributed by atoms with Crippen LogP contribution in [-0.4, -0.2) is 10.9 Å². The van der Waals surface area contributed by atoms with Crippen molar-refractivity contribution in [2.45, 2.75) is 26.7 Å². The number of pyridine rings is 1. The molecule has 0 aromatic carbocycles. The first-order valence-corrected chi connectivity index (χ1v) is 4.92. The Morgan fingerprint density at radius 3 is 2.71 bits per heavy atom. The molecule has 0 unspecified atom stereocenters. The van der Waals surface area contributed by atoms with Crippen LogP contribution < -0.4 is 5.32 Å². The molecule has 1 aromatic heterocycles. The van der Waals surface area contributed by atoms with Crippen molar-refractivity contribution in [3.63, 3.8) is 0 Å². The normalized spacial score (nSPS) is 15.3. The third-order valence-electron chi connectivity index (χ3n) is 2.43. The molecular formula is C11H14N2O. The molecule has 1 N–H and O–H groups in total. The molecule has 0 atom stereocenters. The molecule has 0 aliphatic heterocycles. The lowest BCUT2D eigenvalue weighted by Crippen LogP contribution is -2.14. The van der Waals surface area contributed by atoms with E-state index >= 15 is 0 Å². The van der Waals surface area contributed by atoms with E-state index < -0.39 is 0 Å². The van der Waals surface area contributed by atoms with Crippen molar-refractivity contribution in [3.05, 3.63) is 23.5 Å². The highest BCUT2D eigenvalue weighted by Crippen LogP contribution is 2.30. The summed E-state index contributed by atoms with van der Waals surface area (Å²) in [6, 6.07) is 3.83. The maximum Gasteiger partial charge on any atom is 0.227 e. The number of rotatable bonds is 2. The van der Waals surface area contributed by atoms with Gasteiger partial charge in [-0.3, -0.25) is 9.78 Å². The Labute approximate surface area is 83.5 Å². The SMILES string of the molecule is Cc1ccc(NC(=O)C2CC2)c(C)n1. The van der Waals surface area contributed by atoms with Gasteiger partial charge in [0, 0.05) is 11.6 Å². The number of carbonyl (C=O) groups is 1. The lowest BCUT2D eigenvalue weighted by molar-refractivity contribution is -0.117. The highest BCUT2D eigenvalue weighted by atomic mass is 16.2. The number of hydrogen-bond donors (Lipinski definition) is 1. The minimum atomic E-state index is 0.138. The Morgan fingerprint density at radius 1 is 1.43 bits per heavy atom. The van der Waals surface area contributed by atoms with E-state index in [1.165, 1.54) is 0 Å². The van der Waals surface area contributed by atoms with Gasteiger partial charge in [-0.15, -0.1) is 0 Å². The number of nitrogens with one attached hydrogen (secondary N) is 1. The van der Waals surface area contributed by atoms with Crippen molar-refractivity contribution >= 4 is 11.6 Å². The van der Waals surface area contributed by atoms with Crippen molar-refractivity contribution in [2.75, 3.05) is 5.32 Å². The second kappa shape index (κ2) is 3.40. The quantitative estimate of drug-likeness (QED) is 0.775. The maximum atomic E-state index is 11.5. The maximum absolute atomic E-state index is 11.5. The first-order valence-electron chi connectivity index (χ1n) is 4.92. The summed E-state index contributed by atoms with van der Waals surface area (Å²) in [5, 5.41) is 2.90. The average Bonchev–Trinajstić information content (AvgIpc) is 2.92. The molecule has 1 aromatic rings. The molecule has 2 rings (SSSR count). The summed E-state index contributed by atoms with van der Waals surface area (Å²) < 4.78 is 0. The third kappa shape index (κ3) is 1.92. The summed E-state index contributed by atoms with van der Waals surface area (Å²) in [6.45, 7) is 3.86. The van der Waals surface area contributed by atoms with Crippen molar-refractivity contribution in [3.8, 4) is 0 Å². The molecule has 1 amide bonds. The number of carbonyl (C=O) groups excluding carboxylic acids is 1. The van der Waals surface area contributed by atoms with Gasteiger partial charge in [-0.05, 0) is 38.8 Å². The lowest BCUT2D eigenvalue weighted by Gasteiger charge is -2.07. The van der Waals surface area contributed by atoms with E-state index in [2.05, 4.69) is 10.3 Å². The van der Waals surface area contributed by atoms with E-state index in [9.17, 15) is 4.79 Å². The fourth-order valence-electron chi connectivity index (χ4n) is 1.40. The Balaban J connectivity index is 2.11. The van der Waals surface area contributed by atoms with Crippen LogP contribution in [-0.2, 0) is 4.79 Å². The van der Waals surface area contributed by atoms with Crippen molar-refractivity contribution in [1.29, 1.82) is 0 Å². The van der Waals surface area contributed by atoms with Gasteiger partial charge in [0.25, 0.3) is 0 Å². The molecule has 0 radical (unpaired) electrons. The molecule has 1 aliphatic rings.